The first kappa shape index (κ1) is 11.6. The van der Waals surface area contributed by atoms with E-state index >= 15 is 0 Å². The van der Waals surface area contributed by atoms with Gasteiger partial charge in [0.25, 0.3) is 0 Å². The van der Waals surface area contributed by atoms with Gasteiger partial charge in [-0.3, -0.25) is 9.59 Å². The van der Waals surface area contributed by atoms with Crippen LogP contribution in [-0.4, -0.2) is 32.5 Å². The van der Waals surface area contributed by atoms with Crippen molar-refractivity contribution < 1.29 is 9.59 Å². The van der Waals surface area contributed by atoms with E-state index in [0.29, 0.717) is 12.1 Å². The Morgan fingerprint density at radius 2 is 2.18 bits per heavy atom. The van der Waals surface area contributed by atoms with Crippen LogP contribution in [0.5, 0.6) is 0 Å². The predicted octanol–water partition coefficient (Wildman–Crippen LogP) is 0.363. The Morgan fingerprint density at radius 1 is 1.41 bits per heavy atom. The van der Waals surface area contributed by atoms with Crippen LogP contribution in [0.3, 0.4) is 0 Å². The monoisotopic (exact) mass is 233 g/mol. The Balaban J connectivity index is 2.34. The smallest absolute Gasteiger partial charge is 0.247 e. The van der Waals surface area contributed by atoms with E-state index in [1.54, 1.807) is 13.1 Å². The normalized spacial score (nSPS) is 13.8. The molecule has 0 unspecified atom stereocenters. The number of benzene rings is 1. The molecule has 0 radical (unpaired) electrons. The molecule has 2 N–H and O–H groups in total. The summed E-state index contributed by atoms with van der Waals surface area (Å²) in [5, 5.41) is 5.78. The lowest BCUT2D eigenvalue weighted by molar-refractivity contribution is -0.125. The lowest BCUT2D eigenvalue weighted by Crippen LogP contribution is -2.39. The fourth-order valence-corrected chi connectivity index (χ4v) is 1.98. The van der Waals surface area contributed by atoms with Crippen molar-refractivity contribution in [3.8, 4) is 0 Å². The standard InChI is InChI=1S/C12H15N3O2/c1-13-7-12(17)15-10-4-3-9(14-2)5-8(10)6-11(15)16/h3-5,13-14H,6-7H2,1-2H3. The molecule has 1 aliphatic rings. The first-order valence-electron chi connectivity index (χ1n) is 5.48. The number of nitrogens with zero attached hydrogens (tertiary/aromatic N) is 1. The third-order valence-electron chi connectivity index (χ3n) is 2.78. The van der Waals surface area contributed by atoms with Gasteiger partial charge in [0.05, 0.1) is 18.7 Å². The second-order valence-corrected chi connectivity index (χ2v) is 3.92. The number of hydrogen-bond acceptors (Lipinski definition) is 4. The molecule has 0 aromatic heterocycles. The summed E-state index contributed by atoms with van der Waals surface area (Å²) >= 11 is 0. The Hall–Kier alpha value is -1.88. The number of anilines is 2. The Labute approximate surface area is 99.8 Å². The van der Waals surface area contributed by atoms with Gasteiger partial charge < -0.3 is 10.6 Å². The number of rotatable bonds is 3. The largest absolute Gasteiger partial charge is 0.388 e. The van der Waals surface area contributed by atoms with Gasteiger partial charge in [-0.2, -0.15) is 0 Å². The second kappa shape index (κ2) is 4.55. The number of amides is 2. The Kier molecular flexibility index (Phi) is 3.10. The van der Waals surface area contributed by atoms with Crippen molar-refractivity contribution in [2.24, 2.45) is 0 Å². The van der Waals surface area contributed by atoms with E-state index in [-0.39, 0.29) is 18.4 Å². The third kappa shape index (κ3) is 2.01. The van der Waals surface area contributed by atoms with Crippen molar-refractivity contribution in [3.05, 3.63) is 23.8 Å². The molecule has 1 aromatic carbocycles. The van der Waals surface area contributed by atoms with Crippen molar-refractivity contribution in [1.82, 2.24) is 5.32 Å². The SMILES string of the molecule is CNCC(=O)N1C(=O)Cc2cc(NC)ccc21. The van der Waals surface area contributed by atoms with Crippen LogP contribution in [0.15, 0.2) is 18.2 Å². The molecule has 0 saturated heterocycles. The molecule has 0 bridgehead atoms. The lowest BCUT2D eigenvalue weighted by Gasteiger charge is -2.15. The van der Waals surface area contributed by atoms with Gasteiger partial charge in [-0.05, 0) is 30.8 Å². The van der Waals surface area contributed by atoms with Gasteiger partial charge in [0.1, 0.15) is 0 Å². The molecule has 1 heterocycles. The van der Waals surface area contributed by atoms with E-state index in [1.165, 1.54) is 4.90 Å². The van der Waals surface area contributed by atoms with Crippen LogP contribution in [0.2, 0.25) is 0 Å². The number of carbonyl (C=O) groups is 2. The molecule has 0 atom stereocenters. The van der Waals surface area contributed by atoms with Gasteiger partial charge in [-0.1, -0.05) is 0 Å². The number of hydrogen-bond donors (Lipinski definition) is 2. The molecular formula is C12H15N3O2. The van der Waals surface area contributed by atoms with Crippen LogP contribution in [0.1, 0.15) is 5.56 Å². The summed E-state index contributed by atoms with van der Waals surface area (Å²) in [6, 6.07) is 5.57. The summed E-state index contributed by atoms with van der Waals surface area (Å²) in [4.78, 5) is 24.9. The van der Waals surface area contributed by atoms with Gasteiger partial charge in [-0.15, -0.1) is 0 Å². The number of fused-ring (bicyclic) bond motifs is 1. The van der Waals surface area contributed by atoms with Crippen LogP contribution in [0.25, 0.3) is 0 Å². The summed E-state index contributed by atoms with van der Waals surface area (Å²) in [6.07, 6.45) is 0.292. The molecule has 0 aliphatic carbocycles. The summed E-state index contributed by atoms with van der Waals surface area (Å²) in [5.74, 6) is -0.373. The molecule has 1 aliphatic heterocycles. The second-order valence-electron chi connectivity index (χ2n) is 3.92. The first-order chi connectivity index (χ1) is 8.17. The zero-order valence-corrected chi connectivity index (χ0v) is 9.91. The highest BCUT2D eigenvalue weighted by molar-refractivity contribution is 6.19. The van der Waals surface area contributed by atoms with Crippen molar-refractivity contribution in [1.29, 1.82) is 0 Å². The molecule has 5 heteroatoms. The molecular weight excluding hydrogens is 218 g/mol. The van der Waals surface area contributed by atoms with Crippen molar-refractivity contribution in [2.45, 2.75) is 6.42 Å². The van der Waals surface area contributed by atoms with Crippen LogP contribution < -0.4 is 15.5 Å². The third-order valence-corrected chi connectivity index (χ3v) is 2.78. The fraction of sp³-hybridized carbons (Fsp3) is 0.333. The van der Waals surface area contributed by atoms with Crippen LogP contribution >= 0.6 is 0 Å². The van der Waals surface area contributed by atoms with E-state index < -0.39 is 0 Å². The van der Waals surface area contributed by atoms with Crippen LogP contribution in [0, 0.1) is 0 Å². The number of imide groups is 1. The highest BCUT2D eigenvalue weighted by Crippen LogP contribution is 2.31. The van der Waals surface area contributed by atoms with Crippen LogP contribution in [-0.2, 0) is 16.0 Å². The van der Waals surface area contributed by atoms with E-state index in [0.717, 1.165) is 11.3 Å². The van der Waals surface area contributed by atoms with E-state index in [9.17, 15) is 9.59 Å². The predicted molar refractivity (Wildman–Crippen MR) is 66.1 cm³/mol. The first-order valence-corrected chi connectivity index (χ1v) is 5.48. The number of carbonyl (C=O) groups excluding carboxylic acids is 2. The van der Waals surface area contributed by atoms with Crippen molar-refractivity contribution >= 4 is 23.2 Å². The molecule has 2 rings (SSSR count). The molecule has 5 nitrogen and oxygen atoms in total. The minimum absolute atomic E-state index is 0.159. The van der Waals surface area contributed by atoms with Gasteiger partial charge in [0.2, 0.25) is 11.8 Å². The van der Waals surface area contributed by atoms with Crippen LogP contribution in [0.4, 0.5) is 11.4 Å². The molecule has 1 aromatic rings. The van der Waals surface area contributed by atoms with E-state index in [2.05, 4.69) is 10.6 Å². The fourth-order valence-electron chi connectivity index (χ4n) is 1.98. The average molecular weight is 233 g/mol. The minimum atomic E-state index is -0.214. The lowest BCUT2D eigenvalue weighted by atomic mass is 10.1. The minimum Gasteiger partial charge on any atom is -0.388 e. The van der Waals surface area contributed by atoms with E-state index in [4.69, 9.17) is 0 Å². The number of likely N-dealkylation sites (N-methyl/N-ethyl adjacent to an activating group) is 1. The maximum absolute atomic E-state index is 11.8. The van der Waals surface area contributed by atoms with Gasteiger partial charge in [0.15, 0.2) is 0 Å². The summed E-state index contributed by atoms with van der Waals surface area (Å²) in [5.41, 5.74) is 2.54. The average Bonchev–Trinajstić information content (AvgIpc) is 2.64. The molecule has 0 fully saturated rings. The number of nitrogens with one attached hydrogen (secondary N) is 2. The highest BCUT2D eigenvalue weighted by Gasteiger charge is 2.31. The molecule has 17 heavy (non-hydrogen) atoms. The van der Waals surface area contributed by atoms with Crippen molar-refractivity contribution in [2.75, 3.05) is 30.9 Å². The maximum atomic E-state index is 11.8. The topological polar surface area (TPSA) is 61.4 Å². The molecule has 2 amide bonds. The van der Waals surface area contributed by atoms with E-state index in [1.807, 2.05) is 19.2 Å². The Bertz CT molecular complexity index is 471. The zero-order valence-electron chi connectivity index (χ0n) is 9.91. The molecule has 90 valence electrons. The summed E-state index contributed by atoms with van der Waals surface area (Å²) in [6.45, 7) is 0.166. The van der Waals surface area contributed by atoms with Crippen molar-refractivity contribution in [3.63, 3.8) is 0 Å². The van der Waals surface area contributed by atoms with Gasteiger partial charge in [-0.25, -0.2) is 4.90 Å². The highest BCUT2D eigenvalue weighted by atomic mass is 16.2. The molecule has 0 spiro atoms. The summed E-state index contributed by atoms with van der Waals surface area (Å²) in [7, 11) is 3.51. The van der Waals surface area contributed by atoms with Gasteiger partial charge >= 0.3 is 0 Å². The maximum Gasteiger partial charge on any atom is 0.247 e. The summed E-state index contributed by atoms with van der Waals surface area (Å²) < 4.78 is 0. The van der Waals surface area contributed by atoms with Gasteiger partial charge in [0, 0.05) is 12.7 Å². The molecule has 0 saturated carbocycles. The Morgan fingerprint density at radius 3 is 2.82 bits per heavy atom. The zero-order chi connectivity index (χ0) is 12.4. The quantitative estimate of drug-likeness (QED) is 0.791.